The number of carbonyl (C=O) groups excluding carboxylic acids is 2. The number of para-hydroxylation sites is 1. The second-order valence-corrected chi connectivity index (χ2v) is 8.15. The molecule has 33 heavy (non-hydrogen) atoms. The summed E-state index contributed by atoms with van der Waals surface area (Å²) in [6.07, 6.45) is -0.672. The standard InChI is InChI=1S/C23H25F2N5O3/c24-20(25)13-30-22(32)23(12-16-6-4-5-10-27-16)15-29(11-9-19(23)28-30)21(31)18(26)14-33-17-7-2-1-3-8-17/h1-8,10,18,20H,9,11-15,26H2/t18-,23-/m1/s1. The van der Waals surface area contributed by atoms with Gasteiger partial charge in [0.05, 0.1) is 5.71 Å². The molecule has 2 amide bonds. The summed E-state index contributed by atoms with van der Waals surface area (Å²) < 4.78 is 31.7. The summed E-state index contributed by atoms with van der Waals surface area (Å²) in [5.74, 6) is -0.324. The minimum absolute atomic E-state index is 0.00114. The van der Waals surface area contributed by atoms with Crippen molar-refractivity contribution >= 4 is 17.5 Å². The second kappa shape index (κ2) is 9.62. The molecule has 3 heterocycles. The zero-order valence-corrected chi connectivity index (χ0v) is 17.9. The van der Waals surface area contributed by atoms with Gasteiger partial charge in [-0.05, 0) is 24.3 Å². The van der Waals surface area contributed by atoms with Crippen molar-refractivity contribution in [1.82, 2.24) is 14.9 Å². The SMILES string of the molecule is N[C@H](COc1ccccc1)C(=O)N1CCC2=NN(CC(F)F)C(=O)[C@]2(Cc2ccccn2)C1. The molecule has 0 spiro atoms. The number of carbonyl (C=O) groups is 2. The number of pyridine rings is 1. The number of fused-ring (bicyclic) bond motifs is 1. The van der Waals surface area contributed by atoms with Crippen LogP contribution < -0.4 is 10.5 Å². The third kappa shape index (κ3) is 4.85. The maximum atomic E-state index is 13.3. The van der Waals surface area contributed by atoms with E-state index in [0.29, 0.717) is 17.2 Å². The lowest BCUT2D eigenvalue weighted by molar-refractivity contribution is -0.142. The Morgan fingerprint density at radius 3 is 2.64 bits per heavy atom. The molecule has 0 saturated carbocycles. The van der Waals surface area contributed by atoms with Gasteiger partial charge in [-0.15, -0.1) is 0 Å². The van der Waals surface area contributed by atoms with Crippen LogP contribution in [0.25, 0.3) is 0 Å². The van der Waals surface area contributed by atoms with Gasteiger partial charge in [-0.1, -0.05) is 24.3 Å². The Morgan fingerprint density at radius 1 is 1.18 bits per heavy atom. The number of hydrogen-bond acceptors (Lipinski definition) is 6. The second-order valence-electron chi connectivity index (χ2n) is 8.15. The average molecular weight is 457 g/mol. The van der Waals surface area contributed by atoms with E-state index in [0.717, 1.165) is 5.01 Å². The number of halogens is 2. The van der Waals surface area contributed by atoms with Crippen molar-refractivity contribution in [3.8, 4) is 5.75 Å². The van der Waals surface area contributed by atoms with Crippen LogP contribution in [-0.2, 0) is 16.0 Å². The van der Waals surface area contributed by atoms with Gasteiger partial charge in [-0.2, -0.15) is 5.10 Å². The van der Waals surface area contributed by atoms with E-state index >= 15 is 0 Å². The maximum absolute atomic E-state index is 13.3. The molecule has 0 radical (unpaired) electrons. The van der Waals surface area contributed by atoms with E-state index in [2.05, 4.69) is 10.1 Å². The number of amides is 2. The number of aromatic nitrogens is 1. The summed E-state index contributed by atoms with van der Waals surface area (Å²) in [7, 11) is 0. The first-order valence-electron chi connectivity index (χ1n) is 10.7. The van der Waals surface area contributed by atoms with Crippen molar-refractivity contribution < 1.29 is 23.1 Å². The van der Waals surface area contributed by atoms with Gasteiger partial charge in [0.15, 0.2) is 0 Å². The molecule has 8 nitrogen and oxygen atoms in total. The number of likely N-dealkylation sites (tertiary alicyclic amines) is 1. The molecule has 2 N–H and O–H groups in total. The molecule has 2 aromatic rings. The first-order valence-corrected chi connectivity index (χ1v) is 10.7. The van der Waals surface area contributed by atoms with Crippen molar-refractivity contribution in [2.24, 2.45) is 16.3 Å². The van der Waals surface area contributed by atoms with Crippen LogP contribution in [0.3, 0.4) is 0 Å². The first-order chi connectivity index (χ1) is 15.9. The van der Waals surface area contributed by atoms with Gasteiger partial charge in [-0.25, -0.2) is 13.8 Å². The largest absolute Gasteiger partial charge is 0.491 e. The number of hydrogen-bond donors (Lipinski definition) is 1. The lowest BCUT2D eigenvalue weighted by Gasteiger charge is -2.40. The predicted molar refractivity (Wildman–Crippen MR) is 117 cm³/mol. The molecule has 0 unspecified atom stereocenters. The smallest absolute Gasteiger partial charge is 0.258 e. The van der Waals surface area contributed by atoms with E-state index in [1.807, 2.05) is 18.2 Å². The normalized spacial score (nSPS) is 21.1. The van der Waals surface area contributed by atoms with E-state index in [4.69, 9.17) is 10.5 Å². The first kappa shape index (κ1) is 22.8. The Balaban J connectivity index is 1.52. The van der Waals surface area contributed by atoms with Crippen LogP contribution in [0.4, 0.5) is 8.78 Å². The van der Waals surface area contributed by atoms with Crippen LogP contribution in [0.15, 0.2) is 59.8 Å². The van der Waals surface area contributed by atoms with Crippen molar-refractivity contribution in [1.29, 1.82) is 0 Å². The summed E-state index contributed by atoms with van der Waals surface area (Å²) in [5.41, 5.74) is 5.98. The highest BCUT2D eigenvalue weighted by atomic mass is 19.3. The molecule has 0 bridgehead atoms. The van der Waals surface area contributed by atoms with E-state index in [-0.39, 0.29) is 38.4 Å². The third-order valence-electron chi connectivity index (χ3n) is 5.84. The van der Waals surface area contributed by atoms with Gasteiger partial charge in [0.2, 0.25) is 5.91 Å². The van der Waals surface area contributed by atoms with Gasteiger partial charge >= 0.3 is 0 Å². The number of piperidine rings is 1. The quantitative estimate of drug-likeness (QED) is 0.651. The van der Waals surface area contributed by atoms with Crippen LogP contribution in [0.2, 0.25) is 0 Å². The van der Waals surface area contributed by atoms with E-state index in [9.17, 15) is 18.4 Å². The van der Waals surface area contributed by atoms with Crippen LogP contribution in [0.1, 0.15) is 12.1 Å². The summed E-state index contributed by atoms with van der Waals surface area (Å²) in [6, 6.07) is 13.3. The van der Waals surface area contributed by atoms with Gasteiger partial charge in [0, 0.05) is 37.8 Å². The molecular weight excluding hydrogens is 432 g/mol. The summed E-state index contributed by atoms with van der Waals surface area (Å²) in [4.78, 5) is 32.2. The Labute approximate surface area is 190 Å². The molecular formula is C23H25F2N5O3. The Bertz CT molecular complexity index is 1020. The fourth-order valence-electron chi connectivity index (χ4n) is 4.25. The van der Waals surface area contributed by atoms with Crippen molar-refractivity contribution in [2.45, 2.75) is 25.3 Å². The number of nitrogens with two attached hydrogens (primary N) is 1. The number of ether oxygens (including phenoxy) is 1. The number of benzene rings is 1. The molecule has 2 aliphatic heterocycles. The fourth-order valence-corrected chi connectivity index (χ4v) is 4.25. The van der Waals surface area contributed by atoms with Crippen LogP contribution in [-0.4, -0.2) is 71.1 Å². The van der Waals surface area contributed by atoms with Gasteiger partial charge < -0.3 is 15.4 Å². The minimum atomic E-state index is -2.72. The van der Waals surface area contributed by atoms with Crippen LogP contribution in [0, 0.1) is 5.41 Å². The monoisotopic (exact) mass is 457 g/mol. The molecule has 1 aromatic carbocycles. The van der Waals surface area contributed by atoms with Gasteiger partial charge in [0.25, 0.3) is 12.3 Å². The molecule has 1 saturated heterocycles. The molecule has 10 heteroatoms. The summed E-state index contributed by atoms with van der Waals surface area (Å²) >= 11 is 0. The molecule has 4 rings (SSSR count). The highest BCUT2D eigenvalue weighted by Crippen LogP contribution is 2.38. The van der Waals surface area contributed by atoms with E-state index < -0.39 is 30.3 Å². The van der Waals surface area contributed by atoms with Crippen molar-refractivity contribution in [2.75, 3.05) is 26.2 Å². The lowest BCUT2D eigenvalue weighted by Crippen LogP contribution is -2.59. The Kier molecular flexibility index (Phi) is 6.64. The highest BCUT2D eigenvalue weighted by Gasteiger charge is 2.55. The topological polar surface area (TPSA) is 101 Å². The number of rotatable bonds is 8. The molecule has 2 aliphatic rings. The van der Waals surface area contributed by atoms with E-state index in [1.54, 1.807) is 36.5 Å². The van der Waals surface area contributed by atoms with Gasteiger partial charge in [0.1, 0.15) is 30.4 Å². The number of hydrazone groups is 1. The summed E-state index contributed by atoms with van der Waals surface area (Å²) in [5, 5.41) is 5.04. The van der Waals surface area contributed by atoms with E-state index in [1.165, 1.54) is 4.90 Å². The van der Waals surface area contributed by atoms with Crippen LogP contribution in [0.5, 0.6) is 5.75 Å². The third-order valence-corrected chi connectivity index (χ3v) is 5.84. The van der Waals surface area contributed by atoms with Gasteiger partial charge in [-0.3, -0.25) is 14.6 Å². The number of alkyl halides is 2. The predicted octanol–water partition coefficient (Wildman–Crippen LogP) is 1.71. The lowest BCUT2D eigenvalue weighted by atomic mass is 9.74. The molecule has 0 aliphatic carbocycles. The molecule has 1 aromatic heterocycles. The van der Waals surface area contributed by atoms with Crippen LogP contribution >= 0.6 is 0 Å². The Morgan fingerprint density at radius 2 is 1.94 bits per heavy atom. The van der Waals surface area contributed by atoms with Crippen molar-refractivity contribution in [3.63, 3.8) is 0 Å². The highest BCUT2D eigenvalue weighted by molar-refractivity contribution is 6.13. The zero-order valence-electron chi connectivity index (χ0n) is 17.9. The van der Waals surface area contributed by atoms with Crippen molar-refractivity contribution in [3.05, 3.63) is 60.4 Å². The zero-order chi connectivity index (χ0) is 23.4. The molecule has 2 atom stereocenters. The maximum Gasteiger partial charge on any atom is 0.258 e. The fraction of sp³-hybridized carbons (Fsp3) is 0.391. The Hall–Kier alpha value is -3.40. The molecule has 174 valence electrons. The molecule has 1 fully saturated rings. The minimum Gasteiger partial charge on any atom is -0.491 e. The summed E-state index contributed by atoms with van der Waals surface area (Å²) in [6.45, 7) is -0.529. The number of nitrogens with zero attached hydrogens (tertiary/aromatic N) is 4. The average Bonchev–Trinajstić information content (AvgIpc) is 3.08.